The second kappa shape index (κ2) is 9.65. The molecule has 4 rings (SSSR count). The normalized spacial score (nSPS) is 15.5. The number of nitrogens with one attached hydrogen (secondary N) is 2. The van der Waals surface area contributed by atoms with Crippen LogP contribution < -0.4 is 10.1 Å². The van der Waals surface area contributed by atoms with Crippen LogP contribution in [0.15, 0.2) is 48.5 Å². The minimum atomic E-state index is -0.0966. The van der Waals surface area contributed by atoms with Crippen molar-refractivity contribution in [2.45, 2.75) is 26.3 Å². The molecule has 0 bridgehead atoms. The van der Waals surface area contributed by atoms with E-state index >= 15 is 0 Å². The highest BCUT2D eigenvalue weighted by molar-refractivity contribution is 6.31. The van der Waals surface area contributed by atoms with Crippen LogP contribution in [0.1, 0.15) is 35.8 Å². The summed E-state index contributed by atoms with van der Waals surface area (Å²) in [5.41, 5.74) is 2.51. The number of amides is 2. The van der Waals surface area contributed by atoms with Crippen LogP contribution in [0.5, 0.6) is 5.75 Å². The fourth-order valence-corrected chi connectivity index (χ4v) is 4.48. The number of methoxy groups -OCH3 is 1. The van der Waals surface area contributed by atoms with Gasteiger partial charge in [0.1, 0.15) is 11.4 Å². The maximum atomic E-state index is 12.9. The third-order valence-corrected chi connectivity index (χ3v) is 6.62. The molecule has 1 saturated heterocycles. The zero-order chi connectivity index (χ0) is 22.7. The SMILES string of the molecule is COc1ccc(CNC(=O)[C@@H](C)C2CCN(C(=O)c3cc4cc(Cl)ccc4[nH]3)CC2)cc1. The van der Waals surface area contributed by atoms with Gasteiger partial charge in [-0.2, -0.15) is 0 Å². The van der Waals surface area contributed by atoms with Crippen molar-refractivity contribution in [1.82, 2.24) is 15.2 Å². The van der Waals surface area contributed by atoms with Crippen molar-refractivity contribution in [3.05, 3.63) is 64.8 Å². The Kier molecular flexibility index (Phi) is 6.70. The summed E-state index contributed by atoms with van der Waals surface area (Å²) in [5, 5.41) is 4.61. The van der Waals surface area contributed by atoms with E-state index in [9.17, 15) is 9.59 Å². The molecule has 168 valence electrons. The zero-order valence-corrected chi connectivity index (χ0v) is 19.1. The van der Waals surface area contributed by atoms with Crippen LogP contribution >= 0.6 is 11.6 Å². The van der Waals surface area contributed by atoms with Gasteiger partial charge in [0.2, 0.25) is 5.91 Å². The fourth-order valence-electron chi connectivity index (χ4n) is 4.30. The Balaban J connectivity index is 1.28. The molecule has 32 heavy (non-hydrogen) atoms. The van der Waals surface area contributed by atoms with Crippen LogP contribution in [0, 0.1) is 11.8 Å². The molecule has 2 heterocycles. The lowest BCUT2D eigenvalue weighted by molar-refractivity contribution is -0.126. The molecule has 1 aliphatic rings. The number of fused-ring (bicyclic) bond motifs is 1. The number of rotatable bonds is 6. The topological polar surface area (TPSA) is 74.4 Å². The lowest BCUT2D eigenvalue weighted by Gasteiger charge is -2.34. The Morgan fingerprint density at radius 3 is 2.56 bits per heavy atom. The van der Waals surface area contributed by atoms with E-state index in [0.717, 1.165) is 35.1 Å². The molecule has 1 fully saturated rings. The lowest BCUT2D eigenvalue weighted by atomic mass is 9.84. The molecule has 0 aliphatic carbocycles. The molecule has 1 atom stereocenters. The number of likely N-dealkylation sites (tertiary alicyclic amines) is 1. The summed E-state index contributed by atoms with van der Waals surface area (Å²) >= 11 is 6.05. The van der Waals surface area contributed by atoms with Gasteiger partial charge in [-0.05, 0) is 60.7 Å². The molecule has 7 heteroatoms. The van der Waals surface area contributed by atoms with E-state index in [0.29, 0.717) is 30.4 Å². The van der Waals surface area contributed by atoms with E-state index < -0.39 is 0 Å². The van der Waals surface area contributed by atoms with E-state index in [-0.39, 0.29) is 23.7 Å². The Morgan fingerprint density at radius 1 is 1.16 bits per heavy atom. The van der Waals surface area contributed by atoms with Gasteiger partial charge in [-0.3, -0.25) is 9.59 Å². The number of ether oxygens (including phenoxy) is 1. The Hall–Kier alpha value is -2.99. The van der Waals surface area contributed by atoms with E-state index in [2.05, 4.69) is 10.3 Å². The first-order chi connectivity index (χ1) is 15.4. The van der Waals surface area contributed by atoms with E-state index in [4.69, 9.17) is 16.3 Å². The van der Waals surface area contributed by atoms with Crippen molar-refractivity contribution in [2.24, 2.45) is 11.8 Å². The molecule has 0 saturated carbocycles. The van der Waals surface area contributed by atoms with Gasteiger partial charge in [0, 0.05) is 41.5 Å². The summed E-state index contributed by atoms with van der Waals surface area (Å²) in [6.45, 7) is 3.77. The van der Waals surface area contributed by atoms with Gasteiger partial charge >= 0.3 is 0 Å². The molecule has 2 aromatic carbocycles. The number of carbonyl (C=O) groups excluding carboxylic acids is 2. The van der Waals surface area contributed by atoms with Gasteiger partial charge in [-0.1, -0.05) is 30.7 Å². The number of aromatic amines is 1. The number of aromatic nitrogens is 1. The largest absolute Gasteiger partial charge is 0.497 e. The van der Waals surface area contributed by atoms with Gasteiger partial charge in [-0.25, -0.2) is 0 Å². The highest BCUT2D eigenvalue weighted by atomic mass is 35.5. The molecule has 1 aliphatic heterocycles. The molecule has 0 unspecified atom stereocenters. The van der Waals surface area contributed by atoms with Crippen LogP contribution in [-0.4, -0.2) is 41.9 Å². The van der Waals surface area contributed by atoms with Crippen molar-refractivity contribution in [3.63, 3.8) is 0 Å². The summed E-state index contributed by atoms with van der Waals surface area (Å²) in [7, 11) is 1.63. The summed E-state index contributed by atoms with van der Waals surface area (Å²) < 4.78 is 5.16. The van der Waals surface area contributed by atoms with Crippen molar-refractivity contribution >= 4 is 34.3 Å². The number of hydrogen-bond acceptors (Lipinski definition) is 3. The van der Waals surface area contributed by atoms with E-state index in [1.54, 1.807) is 13.2 Å². The maximum Gasteiger partial charge on any atom is 0.270 e. The number of nitrogens with zero attached hydrogens (tertiary/aromatic N) is 1. The van der Waals surface area contributed by atoms with Gasteiger partial charge in [0.15, 0.2) is 0 Å². The van der Waals surface area contributed by atoms with Crippen molar-refractivity contribution in [2.75, 3.05) is 20.2 Å². The predicted molar refractivity (Wildman–Crippen MR) is 126 cm³/mol. The molecule has 3 aromatic rings. The third-order valence-electron chi connectivity index (χ3n) is 6.39. The highest BCUT2D eigenvalue weighted by Gasteiger charge is 2.30. The summed E-state index contributed by atoms with van der Waals surface area (Å²) in [5.74, 6) is 1.01. The molecular weight excluding hydrogens is 426 g/mol. The van der Waals surface area contributed by atoms with Crippen molar-refractivity contribution < 1.29 is 14.3 Å². The smallest absolute Gasteiger partial charge is 0.270 e. The van der Waals surface area contributed by atoms with Crippen LogP contribution in [0.3, 0.4) is 0 Å². The van der Waals surface area contributed by atoms with Gasteiger partial charge in [0.25, 0.3) is 5.91 Å². The average Bonchev–Trinajstić information content (AvgIpc) is 3.25. The first-order valence-electron chi connectivity index (χ1n) is 10.9. The number of piperidine rings is 1. The second-order valence-electron chi connectivity index (χ2n) is 8.40. The number of benzene rings is 2. The molecule has 2 amide bonds. The molecular formula is C25H28ClN3O3. The number of hydrogen-bond donors (Lipinski definition) is 2. The molecule has 0 radical (unpaired) electrons. The van der Waals surface area contributed by atoms with Gasteiger partial charge in [-0.15, -0.1) is 0 Å². The summed E-state index contributed by atoms with van der Waals surface area (Å²) in [6, 6.07) is 15.1. The van der Waals surface area contributed by atoms with Crippen molar-refractivity contribution in [3.8, 4) is 5.75 Å². The maximum absolute atomic E-state index is 12.9. The van der Waals surface area contributed by atoms with Crippen LogP contribution in [0.4, 0.5) is 0 Å². The zero-order valence-electron chi connectivity index (χ0n) is 18.4. The number of halogens is 1. The fraction of sp³-hybridized carbons (Fsp3) is 0.360. The van der Waals surface area contributed by atoms with Crippen molar-refractivity contribution in [1.29, 1.82) is 0 Å². The minimum Gasteiger partial charge on any atom is -0.497 e. The average molecular weight is 454 g/mol. The predicted octanol–water partition coefficient (Wildman–Crippen LogP) is 4.63. The summed E-state index contributed by atoms with van der Waals surface area (Å²) in [4.78, 5) is 30.7. The van der Waals surface area contributed by atoms with Crippen LogP contribution in [0.2, 0.25) is 5.02 Å². The number of carbonyl (C=O) groups is 2. The first-order valence-corrected chi connectivity index (χ1v) is 11.3. The third kappa shape index (κ3) is 4.91. The van der Waals surface area contributed by atoms with E-state index in [1.165, 1.54) is 0 Å². The van der Waals surface area contributed by atoms with Crippen LogP contribution in [-0.2, 0) is 11.3 Å². The van der Waals surface area contributed by atoms with E-state index in [1.807, 2.05) is 54.3 Å². The Bertz CT molecular complexity index is 1100. The molecule has 0 spiro atoms. The van der Waals surface area contributed by atoms with Gasteiger partial charge in [0.05, 0.1) is 7.11 Å². The molecule has 2 N–H and O–H groups in total. The lowest BCUT2D eigenvalue weighted by Crippen LogP contribution is -2.42. The minimum absolute atomic E-state index is 0.00705. The quantitative estimate of drug-likeness (QED) is 0.571. The first kappa shape index (κ1) is 22.2. The van der Waals surface area contributed by atoms with Gasteiger partial charge < -0.3 is 19.9 Å². The molecule has 6 nitrogen and oxygen atoms in total. The second-order valence-corrected chi connectivity index (χ2v) is 8.84. The highest BCUT2D eigenvalue weighted by Crippen LogP contribution is 2.27. The number of H-pyrrole nitrogens is 1. The Morgan fingerprint density at radius 2 is 1.88 bits per heavy atom. The standard InChI is InChI=1S/C25H28ClN3O3/c1-16(24(30)27-15-17-3-6-21(32-2)7-4-17)18-9-11-29(12-10-18)25(31)23-14-19-13-20(26)5-8-22(19)28-23/h3-8,13-14,16,18,28H,9-12,15H2,1-2H3,(H,27,30)/t16-/m0/s1. The monoisotopic (exact) mass is 453 g/mol. The summed E-state index contributed by atoms with van der Waals surface area (Å²) in [6.07, 6.45) is 1.63. The molecule has 1 aromatic heterocycles. The van der Waals surface area contributed by atoms with Crippen LogP contribution in [0.25, 0.3) is 10.9 Å². The Labute approximate surface area is 192 Å².